The first-order valence-corrected chi connectivity index (χ1v) is 10.4. The topological polar surface area (TPSA) is 34.9 Å². The summed E-state index contributed by atoms with van der Waals surface area (Å²) in [6.07, 6.45) is 5.66. The van der Waals surface area contributed by atoms with Crippen LogP contribution in [0.4, 0.5) is 0 Å². The summed E-state index contributed by atoms with van der Waals surface area (Å²) in [7, 11) is 0. The fourth-order valence-corrected chi connectivity index (χ4v) is 4.95. The van der Waals surface area contributed by atoms with Gasteiger partial charge in [0, 0.05) is 34.9 Å². The van der Waals surface area contributed by atoms with E-state index in [9.17, 15) is 4.79 Å². The number of thiophene rings is 1. The van der Waals surface area contributed by atoms with Crippen LogP contribution in [0, 0.1) is 6.92 Å². The molecule has 28 heavy (non-hydrogen) atoms. The summed E-state index contributed by atoms with van der Waals surface area (Å²) in [5, 5.41) is 2.10. The lowest BCUT2D eigenvalue weighted by atomic mass is 9.95. The minimum Gasteiger partial charge on any atom is -0.307 e. The van der Waals surface area contributed by atoms with Gasteiger partial charge in [0.15, 0.2) is 0 Å². The van der Waals surface area contributed by atoms with Crippen LogP contribution in [0.25, 0.3) is 32.8 Å². The standard InChI is InChI=1S/C24H20N2OS/c1-16-12-22(28-15-16)20-13-19(17-6-3-2-4-7-17)23-21-14-25-10-9-18(21)8-5-11-26(23)24(20)27/h2-4,6-7,9-10,12-15H,5,8,11H2,1H3. The van der Waals surface area contributed by atoms with Gasteiger partial charge >= 0.3 is 0 Å². The van der Waals surface area contributed by atoms with E-state index in [0.29, 0.717) is 0 Å². The molecule has 0 bridgehead atoms. The highest BCUT2D eigenvalue weighted by molar-refractivity contribution is 7.13. The molecule has 0 spiro atoms. The molecule has 0 saturated heterocycles. The van der Waals surface area contributed by atoms with E-state index in [-0.39, 0.29) is 5.56 Å². The Kier molecular flexibility index (Phi) is 4.21. The van der Waals surface area contributed by atoms with Crippen LogP contribution in [0.3, 0.4) is 0 Å². The van der Waals surface area contributed by atoms with Crippen molar-refractivity contribution < 1.29 is 0 Å². The normalized spacial score (nSPS) is 12.9. The van der Waals surface area contributed by atoms with Crippen molar-refractivity contribution in [1.29, 1.82) is 0 Å². The zero-order valence-electron chi connectivity index (χ0n) is 15.7. The van der Waals surface area contributed by atoms with Gasteiger partial charge < -0.3 is 4.57 Å². The minimum atomic E-state index is 0.0910. The molecule has 1 aliphatic rings. The van der Waals surface area contributed by atoms with Gasteiger partial charge in [0.25, 0.3) is 5.56 Å². The molecular weight excluding hydrogens is 364 g/mol. The van der Waals surface area contributed by atoms with Crippen LogP contribution >= 0.6 is 11.3 Å². The second kappa shape index (κ2) is 6.88. The van der Waals surface area contributed by atoms with E-state index in [1.54, 1.807) is 11.3 Å². The number of aryl methyl sites for hydroxylation is 2. The molecule has 1 aromatic carbocycles. The van der Waals surface area contributed by atoms with E-state index in [4.69, 9.17) is 0 Å². The molecule has 0 amide bonds. The number of hydrogen-bond acceptors (Lipinski definition) is 3. The van der Waals surface area contributed by atoms with Crippen LogP contribution in [-0.2, 0) is 13.0 Å². The predicted molar refractivity (Wildman–Crippen MR) is 116 cm³/mol. The fourth-order valence-electron chi connectivity index (χ4n) is 4.04. The Morgan fingerprint density at radius 2 is 1.89 bits per heavy atom. The molecule has 138 valence electrons. The summed E-state index contributed by atoms with van der Waals surface area (Å²) in [6, 6.07) is 16.6. The molecule has 4 heterocycles. The van der Waals surface area contributed by atoms with Crippen LogP contribution in [-0.4, -0.2) is 9.55 Å². The van der Waals surface area contributed by atoms with Gasteiger partial charge in [0.2, 0.25) is 0 Å². The highest BCUT2D eigenvalue weighted by Gasteiger charge is 2.23. The molecule has 3 aromatic heterocycles. The van der Waals surface area contributed by atoms with Gasteiger partial charge in [0.1, 0.15) is 0 Å². The smallest absolute Gasteiger partial charge is 0.259 e. The first-order chi connectivity index (χ1) is 13.7. The molecule has 5 rings (SSSR count). The first kappa shape index (κ1) is 17.1. The van der Waals surface area contributed by atoms with Gasteiger partial charge in [-0.3, -0.25) is 9.78 Å². The molecule has 4 heteroatoms. The third kappa shape index (κ3) is 2.81. The van der Waals surface area contributed by atoms with E-state index >= 15 is 0 Å². The average Bonchev–Trinajstić information content (AvgIpc) is 3.06. The van der Waals surface area contributed by atoms with Gasteiger partial charge in [-0.25, -0.2) is 0 Å². The van der Waals surface area contributed by atoms with Gasteiger partial charge in [-0.1, -0.05) is 30.3 Å². The summed E-state index contributed by atoms with van der Waals surface area (Å²) in [5.41, 5.74) is 7.61. The van der Waals surface area contributed by atoms with Gasteiger partial charge in [-0.2, -0.15) is 0 Å². The highest BCUT2D eigenvalue weighted by atomic mass is 32.1. The first-order valence-electron chi connectivity index (χ1n) is 9.54. The Balaban J connectivity index is 1.89. The zero-order chi connectivity index (χ0) is 19.1. The SMILES string of the molecule is Cc1csc(-c2cc(-c3ccccc3)c3n(c2=O)CCCc2ccncc2-3)c1. The molecule has 0 saturated carbocycles. The lowest BCUT2D eigenvalue weighted by Crippen LogP contribution is -2.23. The third-order valence-electron chi connectivity index (χ3n) is 5.36. The summed E-state index contributed by atoms with van der Waals surface area (Å²) in [4.78, 5) is 18.9. The van der Waals surface area contributed by atoms with Crippen LogP contribution in [0.2, 0.25) is 0 Å². The maximum Gasteiger partial charge on any atom is 0.259 e. The van der Waals surface area contributed by atoms with E-state index in [1.807, 2.05) is 35.2 Å². The van der Waals surface area contributed by atoms with E-state index in [0.717, 1.165) is 52.2 Å². The summed E-state index contributed by atoms with van der Waals surface area (Å²) >= 11 is 1.64. The largest absolute Gasteiger partial charge is 0.307 e. The fraction of sp³-hybridized carbons (Fsp3) is 0.167. The van der Waals surface area contributed by atoms with Crippen molar-refractivity contribution >= 4 is 11.3 Å². The monoisotopic (exact) mass is 384 g/mol. The van der Waals surface area contributed by atoms with Crippen LogP contribution in [0.5, 0.6) is 0 Å². The zero-order valence-corrected chi connectivity index (χ0v) is 16.5. The summed E-state index contributed by atoms with van der Waals surface area (Å²) < 4.78 is 1.97. The van der Waals surface area contributed by atoms with Crippen molar-refractivity contribution in [1.82, 2.24) is 9.55 Å². The highest BCUT2D eigenvalue weighted by Crippen LogP contribution is 2.38. The molecular formula is C24H20N2OS. The minimum absolute atomic E-state index is 0.0910. The molecule has 0 radical (unpaired) electrons. The molecule has 0 fully saturated rings. The molecule has 3 nitrogen and oxygen atoms in total. The average molecular weight is 385 g/mol. The number of rotatable bonds is 2. The van der Waals surface area contributed by atoms with Crippen LogP contribution in [0.1, 0.15) is 17.5 Å². The van der Waals surface area contributed by atoms with E-state index in [2.05, 4.69) is 47.6 Å². The van der Waals surface area contributed by atoms with Crippen LogP contribution in [0.15, 0.2) is 71.1 Å². The lowest BCUT2D eigenvalue weighted by Gasteiger charge is -2.18. The van der Waals surface area contributed by atoms with Gasteiger partial charge in [-0.15, -0.1) is 11.3 Å². The van der Waals surface area contributed by atoms with Gasteiger partial charge in [0.05, 0.1) is 11.3 Å². The van der Waals surface area contributed by atoms with Crippen molar-refractivity contribution in [3.05, 3.63) is 87.8 Å². The molecule has 0 aliphatic carbocycles. The molecule has 1 aliphatic heterocycles. The second-order valence-electron chi connectivity index (χ2n) is 7.27. The van der Waals surface area contributed by atoms with Crippen LogP contribution < -0.4 is 5.56 Å². The maximum absolute atomic E-state index is 13.5. The number of nitrogens with zero attached hydrogens (tertiary/aromatic N) is 2. The molecule has 4 aromatic rings. The molecule has 0 N–H and O–H groups in total. The summed E-state index contributed by atoms with van der Waals surface area (Å²) in [6.45, 7) is 2.79. The number of aromatic nitrogens is 2. The Morgan fingerprint density at radius 3 is 2.68 bits per heavy atom. The second-order valence-corrected chi connectivity index (χ2v) is 8.18. The number of fused-ring (bicyclic) bond motifs is 3. The number of hydrogen-bond donors (Lipinski definition) is 0. The Labute approximate surface area is 168 Å². The predicted octanol–water partition coefficient (Wildman–Crippen LogP) is 5.56. The third-order valence-corrected chi connectivity index (χ3v) is 6.45. The lowest BCUT2D eigenvalue weighted by molar-refractivity contribution is 0.643. The maximum atomic E-state index is 13.5. The Hall–Kier alpha value is -2.98. The van der Waals surface area contributed by atoms with E-state index in [1.165, 1.54) is 11.1 Å². The number of benzene rings is 1. The molecule has 0 unspecified atom stereocenters. The van der Waals surface area contributed by atoms with Crippen molar-refractivity contribution in [3.8, 4) is 32.8 Å². The van der Waals surface area contributed by atoms with Crippen molar-refractivity contribution in [2.24, 2.45) is 0 Å². The van der Waals surface area contributed by atoms with Crippen molar-refractivity contribution in [2.45, 2.75) is 26.3 Å². The van der Waals surface area contributed by atoms with Crippen molar-refractivity contribution in [2.75, 3.05) is 0 Å². The van der Waals surface area contributed by atoms with Crippen molar-refractivity contribution in [3.63, 3.8) is 0 Å². The Bertz CT molecular complexity index is 1220. The van der Waals surface area contributed by atoms with Gasteiger partial charge in [-0.05, 0) is 60.0 Å². The Morgan fingerprint density at radius 1 is 1.04 bits per heavy atom. The molecule has 0 atom stereocenters. The van der Waals surface area contributed by atoms with E-state index < -0.39 is 0 Å². The quantitative estimate of drug-likeness (QED) is 0.453. The number of pyridine rings is 2. The summed E-state index contributed by atoms with van der Waals surface area (Å²) in [5.74, 6) is 0.